The minimum atomic E-state index is -0.335. The van der Waals surface area contributed by atoms with Crippen molar-refractivity contribution < 1.29 is 19.1 Å². The maximum atomic E-state index is 12.4. The molecule has 2 aliphatic rings. The maximum absolute atomic E-state index is 12.4. The van der Waals surface area contributed by atoms with Crippen LogP contribution in [0.1, 0.15) is 40.2 Å². The van der Waals surface area contributed by atoms with Crippen LogP contribution in [0, 0.1) is 0 Å². The molecule has 2 aliphatic heterocycles. The second-order valence-electron chi connectivity index (χ2n) is 7.15. The quantitative estimate of drug-likeness (QED) is 0.847. The Morgan fingerprint density at radius 3 is 2.62 bits per heavy atom. The zero-order chi connectivity index (χ0) is 18.3. The highest BCUT2D eigenvalue weighted by Crippen LogP contribution is 2.38. The summed E-state index contributed by atoms with van der Waals surface area (Å²) in [7, 11) is 3.87. The van der Waals surface area contributed by atoms with Crippen molar-refractivity contribution in [2.75, 3.05) is 7.05 Å². The van der Waals surface area contributed by atoms with Gasteiger partial charge in [0.25, 0.3) is 0 Å². The van der Waals surface area contributed by atoms with Gasteiger partial charge in [-0.2, -0.15) is 0 Å². The number of piperidine rings is 1. The molecular weight excluding hydrogens is 334 g/mol. The number of hydrogen-bond acceptors (Lipinski definition) is 5. The fourth-order valence-corrected chi connectivity index (χ4v) is 4.14. The zero-order valence-electron chi connectivity index (χ0n) is 14.9. The average Bonchev–Trinajstić information content (AvgIpc) is 3.30. The van der Waals surface area contributed by atoms with Crippen molar-refractivity contribution in [3.05, 3.63) is 48.0 Å². The number of likely N-dealkylation sites (N-methyl/N-ethyl adjacent to an activating group) is 1. The molecular formula is C19H23N3O4. The van der Waals surface area contributed by atoms with Gasteiger partial charge < -0.3 is 19.0 Å². The molecule has 0 aliphatic carbocycles. The number of carbonyl (C=O) groups excluding carboxylic acids is 2. The summed E-state index contributed by atoms with van der Waals surface area (Å²) in [4.78, 5) is 29.8. The maximum Gasteiger partial charge on any atom is 0.355 e. The third kappa shape index (κ3) is 3.03. The molecule has 4 heterocycles. The molecule has 0 saturated carbocycles. The minimum Gasteiger partial charge on any atom is -0.458 e. The van der Waals surface area contributed by atoms with Gasteiger partial charge in [0, 0.05) is 44.7 Å². The number of nitrogens with zero attached hydrogens (tertiary/aromatic N) is 2. The van der Waals surface area contributed by atoms with Crippen LogP contribution in [0.4, 0.5) is 0 Å². The molecule has 7 nitrogen and oxygen atoms in total. The number of H-pyrrole nitrogens is 1. The first-order valence-corrected chi connectivity index (χ1v) is 8.91. The van der Waals surface area contributed by atoms with Gasteiger partial charge in [-0.1, -0.05) is 0 Å². The topological polar surface area (TPSA) is 76.6 Å². The monoisotopic (exact) mass is 357 g/mol. The van der Waals surface area contributed by atoms with Gasteiger partial charge in [0.15, 0.2) is 0 Å². The summed E-state index contributed by atoms with van der Waals surface area (Å²) >= 11 is 0. The molecule has 1 N–H and O–H groups in total. The van der Waals surface area contributed by atoms with Crippen molar-refractivity contribution in [2.45, 2.75) is 43.6 Å². The van der Waals surface area contributed by atoms with Crippen LogP contribution in [0.2, 0.25) is 0 Å². The lowest BCUT2D eigenvalue weighted by atomic mass is 10.00. The van der Waals surface area contributed by atoms with Gasteiger partial charge in [0.1, 0.15) is 23.6 Å². The Bertz CT molecular complexity index is 798. The van der Waals surface area contributed by atoms with Crippen LogP contribution in [0.15, 0.2) is 36.7 Å². The first-order valence-electron chi connectivity index (χ1n) is 8.91. The number of esters is 2. The van der Waals surface area contributed by atoms with Crippen LogP contribution in [-0.2, 0) is 16.5 Å². The normalized spacial score (nSPS) is 28.1. The van der Waals surface area contributed by atoms with E-state index in [0.29, 0.717) is 17.8 Å². The van der Waals surface area contributed by atoms with Gasteiger partial charge in [0.2, 0.25) is 0 Å². The molecule has 4 atom stereocenters. The number of ether oxygens (including phenoxy) is 2. The highest BCUT2D eigenvalue weighted by atomic mass is 16.6. The molecule has 0 aromatic carbocycles. The Kier molecular flexibility index (Phi) is 4.32. The summed E-state index contributed by atoms with van der Waals surface area (Å²) in [6.45, 7) is 0. The van der Waals surface area contributed by atoms with E-state index < -0.39 is 0 Å². The van der Waals surface area contributed by atoms with E-state index in [1.807, 2.05) is 26.4 Å². The standard InChI is InChI=1S/C19H23N3O4/c1-21-8-4-6-15(21)19(24)25-13-9-12-10-17(16(11-13)22(12)2)26-18(23)14-5-3-7-20-14/h3-8,12-13,16-17,20H,9-11H2,1-2H3/t12?,13-,16?,17-/m1/s1. The Balaban J connectivity index is 1.40. The van der Waals surface area contributed by atoms with E-state index in [-0.39, 0.29) is 36.2 Å². The van der Waals surface area contributed by atoms with Crippen molar-refractivity contribution in [1.29, 1.82) is 0 Å². The molecule has 2 aromatic heterocycles. The molecule has 7 heteroatoms. The van der Waals surface area contributed by atoms with E-state index in [4.69, 9.17) is 9.47 Å². The summed E-state index contributed by atoms with van der Waals surface area (Å²) in [5.74, 6) is -0.635. The van der Waals surface area contributed by atoms with E-state index in [0.717, 1.165) is 12.8 Å². The molecule has 2 unspecified atom stereocenters. The number of aromatic nitrogens is 2. The number of carbonyl (C=O) groups is 2. The van der Waals surface area contributed by atoms with Crippen LogP contribution in [0.25, 0.3) is 0 Å². The van der Waals surface area contributed by atoms with Crippen LogP contribution in [0.3, 0.4) is 0 Å². The van der Waals surface area contributed by atoms with Gasteiger partial charge in [-0.3, -0.25) is 4.90 Å². The minimum absolute atomic E-state index is 0.0684. The van der Waals surface area contributed by atoms with E-state index in [1.54, 1.807) is 29.0 Å². The summed E-state index contributed by atoms with van der Waals surface area (Å²) in [5.41, 5.74) is 1.01. The van der Waals surface area contributed by atoms with E-state index >= 15 is 0 Å². The third-order valence-corrected chi connectivity index (χ3v) is 5.57. The zero-order valence-corrected chi connectivity index (χ0v) is 14.9. The Morgan fingerprint density at radius 2 is 1.92 bits per heavy atom. The summed E-state index contributed by atoms with van der Waals surface area (Å²) in [6.07, 6.45) is 5.40. The lowest BCUT2D eigenvalue weighted by Gasteiger charge is -2.36. The molecule has 2 fully saturated rings. The molecule has 2 bridgehead atoms. The molecule has 0 amide bonds. The van der Waals surface area contributed by atoms with Crippen molar-refractivity contribution in [1.82, 2.24) is 14.5 Å². The van der Waals surface area contributed by atoms with E-state index in [2.05, 4.69) is 9.88 Å². The van der Waals surface area contributed by atoms with Crippen LogP contribution in [0.5, 0.6) is 0 Å². The number of nitrogens with one attached hydrogen (secondary N) is 1. The van der Waals surface area contributed by atoms with E-state index in [1.165, 1.54) is 0 Å². The fraction of sp³-hybridized carbons (Fsp3) is 0.474. The molecule has 2 saturated heterocycles. The lowest BCUT2D eigenvalue weighted by Crippen LogP contribution is -2.46. The number of rotatable bonds is 4. The molecule has 138 valence electrons. The predicted molar refractivity (Wildman–Crippen MR) is 93.8 cm³/mol. The van der Waals surface area contributed by atoms with Crippen LogP contribution >= 0.6 is 0 Å². The van der Waals surface area contributed by atoms with E-state index in [9.17, 15) is 9.59 Å². The molecule has 26 heavy (non-hydrogen) atoms. The average molecular weight is 357 g/mol. The molecule has 2 aromatic rings. The molecule has 0 spiro atoms. The third-order valence-electron chi connectivity index (χ3n) is 5.57. The molecule has 4 rings (SSSR count). The summed E-state index contributed by atoms with van der Waals surface area (Å²) < 4.78 is 13.2. The van der Waals surface area contributed by atoms with Crippen molar-refractivity contribution in [3.8, 4) is 0 Å². The Morgan fingerprint density at radius 1 is 1.08 bits per heavy atom. The van der Waals surface area contributed by atoms with Gasteiger partial charge in [-0.15, -0.1) is 0 Å². The summed E-state index contributed by atoms with van der Waals surface area (Å²) in [6, 6.07) is 7.38. The largest absolute Gasteiger partial charge is 0.458 e. The van der Waals surface area contributed by atoms with Crippen molar-refractivity contribution >= 4 is 11.9 Å². The smallest absolute Gasteiger partial charge is 0.355 e. The van der Waals surface area contributed by atoms with Crippen LogP contribution < -0.4 is 0 Å². The van der Waals surface area contributed by atoms with Crippen LogP contribution in [-0.4, -0.2) is 57.7 Å². The second-order valence-corrected chi connectivity index (χ2v) is 7.15. The number of hydrogen-bond donors (Lipinski definition) is 1. The fourth-order valence-electron chi connectivity index (χ4n) is 4.14. The molecule has 0 radical (unpaired) electrons. The lowest BCUT2D eigenvalue weighted by molar-refractivity contribution is -0.0158. The van der Waals surface area contributed by atoms with Gasteiger partial charge in [-0.05, 0) is 31.3 Å². The SMILES string of the molecule is CN1C2C[C@@H](OC(=O)c3cccn3C)CC1[C@H](OC(=O)c1ccc[nH]1)C2. The first kappa shape index (κ1) is 16.9. The highest BCUT2D eigenvalue weighted by Gasteiger charge is 2.48. The van der Waals surface area contributed by atoms with Gasteiger partial charge in [-0.25, -0.2) is 9.59 Å². The number of fused-ring (bicyclic) bond motifs is 2. The second kappa shape index (κ2) is 6.64. The number of aryl methyl sites for hydroxylation is 1. The van der Waals surface area contributed by atoms with Gasteiger partial charge in [0.05, 0.1) is 6.04 Å². The Hall–Kier alpha value is -2.54. The van der Waals surface area contributed by atoms with Crippen molar-refractivity contribution in [2.24, 2.45) is 7.05 Å². The Labute approximate surface area is 151 Å². The number of aromatic amines is 1. The predicted octanol–water partition coefficient (Wildman–Crippen LogP) is 1.97. The van der Waals surface area contributed by atoms with Gasteiger partial charge >= 0.3 is 11.9 Å². The highest BCUT2D eigenvalue weighted by molar-refractivity contribution is 5.88. The summed E-state index contributed by atoms with van der Waals surface area (Å²) in [5, 5.41) is 0. The first-order chi connectivity index (χ1) is 12.5. The van der Waals surface area contributed by atoms with Crippen molar-refractivity contribution in [3.63, 3.8) is 0 Å².